The SMILES string of the molecule is CCc1cc(CC(=O)C(C)C2CC2)n(C)n1. The number of carbonyl (C=O) groups excluding carboxylic acids is 1. The molecule has 1 fully saturated rings. The fourth-order valence-corrected chi connectivity index (χ4v) is 2.11. The van der Waals surface area contributed by atoms with E-state index in [0.717, 1.165) is 17.8 Å². The summed E-state index contributed by atoms with van der Waals surface area (Å²) in [4.78, 5) is 12.0. The summed E-state index contributed by atoms with van der Waals surface area (Å²) in [6.07, 6.45) is 3.94. The number of aromatic nitrogens is 2. The van der Waals surface area contributed by atoms with E-state index in [0.29, 0.717) is 18.1 Å². The number of rotatable bonds is 5. The Hall–Kier alpha value is -1.12. The van der Waals surface area contributed by atoms with Gasteiger partial charge in [0.1, 0.15) is 5.78 Å². The van der Waals surface area contributed by atoms with Gasteiger partial charge in [-0.25, -0.2) is 0 Å². The van der Waals surface area contributed by atoms with E-state index in [-0.39, 0.29) is 5.92 Å². The number of ketones is 1. The van der Waals surface area contributed by atoms with Crippen LogP contribution in [0.5, 0.6) is 0 Å². The zero-order valence-electron chi connectivity index (χ0n) is 10.4. The van der Waals surface area contributed by atoms with Gasteiger partial charge >= 0.3 is 0 Å². The molecule has 88 valence electrons. The van der Waals surface area contributed by atoms with Crippen LogP contribution >= 0.6 is 0 Å². The van der Waals surface area contributed by atoms with Gasteiger partial charge in [-0.1, -0.05) is 13.8 Å². The minimum atomic E-state index is 0.236. The first-order valence-electron chi connectivity index (χ1n) is 6.16. The van der Waals surface area contributed by atoms with Crippen molar-refractivity contribution < 1.29 is 4.79 Å². The maximum Gasteiger partial charge on any atom is 0.141 e. The molecule has 1 aromatic heterocycles. The Kier molecular flexibility index (Phi) is 3.13. The van der Waals surface area contributed by atoms with Gasteiger partial charge in [0.2, 0.25) is 0 Å². The molecule has 0 saturated heterocycles. The predicted octanol–water partition coefficient (Wildman–Crippen LogP) is 2.14. The molecular formula is C13H20N2O. The van der Waals surface area contributed by atoms with E-state index in [1.807, 2.05) is 11.7 Å². The molecule has 16 heavy (non-hydrogen) atoms. The Balaban J connectivity index is 2.01. The van der Waals surface area contributed by atoms with Gasteiger partial charge in [0.15, 0.2) is 0 Å². The van der Waals surface area contributed by atoms with Crippen LogP contribution in [-0.2, 0) is 24.7 Å². The van der Waals surface area contributed by atoms with Crippen LogP contribution in [0.25, 0.3) is 0 Å². The Bertz CT molecular complexity index is 391. The van der Waals surface area contributed by atoms with Crippen molar-refractivity contribution in [2.45, 2.75) is 39.5 Å². The molecule has 1 heterocycles. The summed E-state index contributed by atoms with van der Waals surface area (Å²) in [5, 5.41) is 4.37. The summed E-state index contributed by atoms with van der Waals surface area (Å²) in [7, 11) is 1.92. The van der Waals surface area contributed by atoms with E-state index in [1.54, 1.807) is 0 Å². The molecule has 0 bridgehead atoms. The van der Waals surface area contributed by atoms with Crippen molar-refractivity contribution in [3.05, 3.63) is 17.5 Å². The minimum absolute atomic E-state index is 0.236. The topological polar surface area (TPSA) is 34.9 Å². The number of aryl methyl sites for hydroxylation is 2. The number of carbonyl (C=O) groups is 1. The molecule has 0 N–H and O–H groups in total. The van der Waals surface area contributed by atoms with Crippen molar-refractivity contribution in [3.8, 4) is 0 Å². The molecule has 1 aliphatic carbocycles. The highest BCUT2D eigenvalue weighted by molar-refractivity contribution is 5.83. The first-order chi connectivity index (χ1) is 7.61. The molecule has 0 amide bonds. The second-order valence-corrected chi connectivity index (χ2v) is 4.87. The number of hydrogen-bond acceptors (Lipinski definition) is 2. The zero-order valence-corrected chi connectivity index (χ0v) is 10.4. The van der Waals surface area contributed by atoms with Gasteiger partial charge in [-0.05, 0) is 31.2 Å². The highest BCUT2D eigenvalue weighted by Gasteiger charge is 2.32. The lowest BCUT2D eigenvalue weighted by atomic mass is 9.97. The Morgan fingerprint density at radius 1 is 1.62 bits per heavy atom. The maximum absolute atomic E-state index is 12.0. The summed E-state index contributed by atoms with van der Waals surface area (Å²) in [5.41, 5.74) is 2.12. The molecule has 0 radical (unpaired) electrons. The third-order valence-electron chi connectivity index (χ3n) is 3.58. The lowest BCUT2D eigenvalue weighted by Crippen LogP contribution is -2.17. The van der Waals surface area contributed by atoms with Crippen molar-refractivity contribution in [2.75, 3.05) is 0 Å². The lowest BCUT2D eigenvalue weighted by Gasteiger charge is -2.08. The first kappa shape index (κ1) is 11.4. The maximum atomic E-state index is 12.0. The van der Waals surface area contributed by atoms with Crippen molar-refractivity contribution in [2.24, 2.45) is 18.9 Å². The van der Waals surface area contributed by atoms with Crippen molar-refractivity contribution >= 4 is 5.78 Å². The molecule has 3 nitrogen and oxygen atoms in total. The standard InChI is InChI=1S/C13H20N2O/c1-4-11-7-12(15(3)14-11)8-13(16)9(2)10-5-6-10/h7,9-10H,4-6,8H2,1-3H3. The molecule has 1 aromatic rings. The van der Waals surface area contributed by atoms with Gasteiger partial charge in [0.25, 0.3) is 0 Å². The highest BCUT2D eigenvalue weighted by atomic mass is 16.1. The second-order valence-electron chi connectivity index (χ2n) is 4.87. The van der Waals surface area contributed by atoms with E-state index in [1.165, 1.54) is 12.8 Å². The minimum Gasteiger partial charge on any atom is -0.299 e. The Labute approximate surface area is 96.8 Å². The van der Waals surface area contributed by atoms with Crippen molar-refractivity contribution in [1.82, 2.24) is 9.78 Å². The molecule has 0 aliphatic heterocycles. The van der Waals surface area contributed by atoms with E-state index >= 15 is 0 Å². The average molecular weight is 220 g/mol. The number of Topliss-reactive ketones (excluding diaryl/α,β-unsaturated/α-hetero) is 1. The van der Waals surface area contributed by atoms with Gasteiger partial charge < -0.3 is 0 Å². The van der Waals surface area contributed by atoms with Crippen LogP contribution in [0, 0.1) is 11.8 Å². The summed E-state index contributed by atoms with van der Waals surface area (Å²) in [5.74, 6) is 1.26. The average Bonchev–Trinajstić information content (AvgIpc) is 3.04. The number of hydrogen-bond donors (Lipinski definition) is 0. The van der Waals surface area contributed by atoms with Crippen LogP contribution in [0.4, 0.5) is 0 Å². The summed E-state index contributed by atoms with van der Waals surface area (Å²) in [6.45, 7) is 4.15. The normalized spacial score (nSPS) is 17.4. The molecular weight excluding hydrogens is 200 g/mol. The van der Waals surface area contributed by atoms with Crippen LogP contribution in [0.1, 0.15) is 38.1 Å². The van der Waals surface area contributed by atoms with E-state index < -0.39 is 0 Å². The van der Waals surface area contributed by atoms with Crippen molar-refractivity contribution in [3.63, 3.8) is 0 Å². The first-order valence-corrected chi connectivity index (χ1v) is 6.16. The van der Waals surface area contributed by atoms with E-state index in [2.05, 4.69) is 25.0 Å². The van der Waals surface area contributed by atoms with E-state index in [4.69, 9.17) is 0 Å². The van der Waals surface area contributed by atoms with Crippen LogP contribution in [-0.4, -0.2) is 15.6 Å². The van der Waals surface area contributed by atoms with E-state index in [9.17, 15) is 4.79 Å². The second kappa shape index (κ2) is 4.40. The van der Waals surface area contributed by atoms with Crippen LogP contribution in [0.3, 0.4) is 0 Å². The molecule has 3 heteroatoms. The smallest absolute Gasteiger partial charge is 0.141 e. The third-order valence-corrected chi connectivity index (χ3v) is 3.58. The lowest BCUT2D eigenvalue weighted by molar-refractivity contribution is -0.122. The van der Waals surface area contributed by atoms with Gasteiger partial charge in [0.05, 0.1) is 5.69 Å². The highest BCUT2D eigenvalue weighted by Crippen LogP contribution is 2.37. The quantitative estimate of drug-likeness (QED) is 0.762. The largest absolute Gasteiger partial charge is 0.299 e. The van der Waals surface area contributed by atoms with Crippen molar-refractivity contribution in [1.29, 1.82) is 0 Å². The summed E-state index contributed by atoms with van der Waals surface area (Å²) in [6, 6.07) is 2.05. The molecule has 1 aliphatic rings. The fraction of sp³-hybridized carbons (Fsp3) is 0.692. The molecule has 1 saturated carbocycles. The van der Waals surface area contributed by atoms with Crippen LogP contribution in [0.2, 0.25) is 0 Å². The van der Waals surface area contributed by atoms with Crippen LogP contribution < -0.4 is 0 Å². The predicted molar refractivity (Wildman–Crippen MR) is 63.2 cm³/mol. The third kappa shape index (κ3) is 2.34. The summed E-state index contributed by atoms with van der Waals surface area (Å²) >= 11 is 0. The van der Waals surface area contributed by atoms with Gasteiger partial charge in [-0.15, -0.1) is 0 Å². The van der Waals surface area contributed by atoms with Gasteiger partial charge in [0, 0.05) is 25.1 Å². The molecule has 0 spiro atoms. The molecule has 2 rings (SSSR count). The summed E-state index contributed by atoms with van der Waals surface area (Å²) < 4.78 is 1.84. The Morgan fingerprint density at radius 2 is 2.31 bits per heavy atom. The molecule has 0 aromatic carbocycles. The molecule has 1 unspecified atom stereocenters. The fourth-order valence-electron chi connectivity index (χ4n) is 2.11. The van der Waals surface area contributed by atoms with Crippen LogP contribution in [0.15, 0.2) is 6.07 Å². The zero-order chi connectivity index (χ0) is 11.7. The van der Waals surface area contributed by atoms with Gasteiger partial charge in [-0.3, -0.25) is 9.48 Å². The Morgan fingerprint density at radius 3 is 2.81 bits per heavy atom. The molecule has 1 atom stereocenters. The van der Waals surface area contributed by atoms with Gasteiger partial charge in [-0.2, -0.15) is 5.10 Å². The monoisotopic (exact) mass is 220 g/mol. The number of nitrogens with zero attached hydrogens (tertiary/aromatic N) is 2.